The smallest absolute Gasteiger partial charge is 0.407 e. The van der Waals surface area contributed by atoms with Crippen LogP contribution >= 0.6 is 0 Å². The van der Waals surface area contributed by atoms with Crippen LogP contribution in [0.15, 0.2) is 41.4 Å². The van der Waals surface area contributed by atoms with Crippen LogP contribution in [-0.4, -0.2) is 36.7 Å². The predicted molar refractivity (Wildman–Crippen MR) is 121 cm³/mol. The molecule has 0 atom stereocenters. The molecule has 11 heteroatoms. The fourth-order valence-electron chi connectivity index (χ4n) is 3.73. The first-order valence-corrected chi connectivity index (χ1v) is 11.2. The van der Waals surface area contributed by atoms with Gasteiger partial charge >= 0.3 is 6.09 Å². The van der Waals surface area contributed by atoms with E-state index in [1.807, 2.05) is 0 Å². The molecule has 0 heterocycles. The molecule has 0 unspecified atom stereocenters. The third kappa shape index (κ3) is 7.97. The molecule has 0 radical (unpaired) electrons. The second kappa shape index (κ2) is 12.2. The third-order valence-electron chi connectivity index (χ3n) is 5.42. The van der Waals surface area contributed by atoms with E-state index >= 15 is 0 Å². The Morgan fingerprint density at radius 1 is 0.914 bits per heavy atom. The van der Waals surface area contributed by atoms with Crippen LogP contribution in [0.3, 0.4) is 0 Å². The SMILES string of the molecule is CCOC(=O)NC1CCC(NC(=NCc2cc(F)cc(F)c2)NC(=O)c2ccc(F)c(F)c2)CC1. The number of carbonyl (C=O) groups is 2. The maximum atomic E-state index is 13.6. The maximum Gasteiger partial charge on any atom is 0.407 e. The number of alkyl carbamates (subject to hydrolysis) is 1. The van der Waals surface area contributed by atoms with Crippen molar-refractivity contribution in [3.63, 3.8) is 0 Å². The highest BCUT2D eigenvalue weighted by Crippen LogP contribution is 2.19. The Kier molecular flexibility index (Phi) is 9.04. The van der Waals surface area contributed by atoms with E-state index in [1.165, 1.54) is 0 Å². The number of rotatable bonds is 6. The number of amides is 2. The van der Waals surface area contributed by atoms with Gasteiger partial charge in [0, 0.05) is 23.7 Å². The van der Waals surface area contributed by atoms with Crippen molar-refractivity contribution >= 4 is 18.0 Å². The zero-order valence-electron chi connectivity index (χ0n) is 19.0. The fraction of sp³-hybridized carbons (Fsp3) is 0.375. The van der Waals surface area contributed by atoms with Crippen molar-refractivity contribution in [2.24, 2.45) is 4.99 Å². The van der Waals surface area contributed by atoms with E-state index in [-0.39, 0.29) is 42.3 Å². The summed E-state index contributed by atoms with van der Waals surface area (Å²) in [5.41, 5.74) is 0.115. The summed E-state index contributed by atoms with van der Waals surface area (Å²) in [7, 11) is 0. The molecule has 2 amide bonds. The average molecular weight is 494 g/mol. The second-order valence-corrected chi connectivity index (χ2v) is 8.08. The van der Waals surface area contributed by atoms with Crippen LogP contribution in [0.5, 0.6) is 0 Å². The lowest BCUT2D eigenvalue weighted by Crippen LogP contribution is -2.49. The minimum absolute atomic E-state index is 0.0196. The van der Waals surface area contributed by atoms with Crippen LogP contribution in [0.25, 0.3) is 0 Å². The maximum absolute atomic E-state index is 13.6. The first-order valence-electron chi connectivity index (χ1n) is 11.2. The first-order chi connectivity index (χ1) is 16.7. The summed E-state index contributed by atoms with van der Waals surface area (Å²) in [5.74, 6) is -4.50. The van der Waals surface area contributed by atoms with E-state index < -0.39 is 35.3 Å². The highest BCUT2D eigenvalue weighted by molar-refractivity contribution is 6.05. The molecular formula is C24H26F4N4O3. The largest absolute Gasteiger partial charge is 0.450 e. The number of hydrogen-bond acceptors (Lipinski definition) is 4. The Balaban J connectivity index is 1.69. The van der Waals surface area contributed by atoms with E-state index in [9.17, 15) is 27.2 Å². The Hall–Kier alpha value is -3.63. The zero-order valence-corrected chi connectivity index (χ0v) is 19.0. The number of nitrogens with one attached hydrogen (secondary N) is 3. The van der Waals surface area contributed by atoms with Gasteiger partial charge in [-0.05, 0) is 68.5 Å². The number of nitrogens with zero attached hydrogens (tertiary/aromatic N) is 1. The van der Waals surface area contributed by atoms with Gasteiger partial charge in [-0.1, -0.05) is 0 Å². The van der Waals surface area contributed by atoms with E-state index in [0.717, 1.165) is 36.4 Å². The van der Waals surface area contributed by atoms with Gasteiger partial charge in [0.05, 0.1) is 13.2 Å². The van der Waals surface area contributed by atoms with Crippen LogP contribution in [0.1, 0.15) is 48.5 Å². The first kappa shape index (κ1) is 26.0. The van der Waals surface area contributed by atoms with Gasteiger partial charge in [0.15, 0.2) is 17.6 Å². The molecule has 35 heavy (non-hydrogen) atoms. The lowest BCUT2D eigenvalue weighted by Gasteiger charge is -2.30. The van der Waals surface area contributed by atoms with E-state index in [0.29, 0.717) is 25.7 Å². The van der Waals surface area contributed by atoms with Crippen LogP contribution in [-0.2, 0) is 11.3 Å². The number of ether oxygens (including phenoxy) is 1. The molecule has 2 aromatic carbocycles. The number of benzene rings is 2. The van der Waals surface area contributed by atoms with Crippen molar-refractivity contribution in [1.29, 1.82) is 0 Å². The monoisotopic (exact) mass is 494 g/mol. The van der Waals surface area contributed by atoms with E-state index in [2.05, 4.69) is 20.9 Å². The number of aliphatic imine (C=N–C) groups is 1. The summed E-state index contributed by atoms with van der Waals surface area (Å²) in [6.07, 6.45) is 2.08. The quantitative estimate of drug-likeness (QED) is 0.319. The standard InChI is InChI=1S/C24H26F4N4O3/c1-2-35-24(34)31-19-6-4-18(5-7-19)30-23(29-13-14-9-16(25)12-17(26)10-14)32-22(33)15-3-8-20(27)21(28)11-15/h3,8-12,18-19H,2,4-7,13H2,1H3,(H,31,34)(H2,29,30,32,33). The number of hydrogen-bond donors (Lipinski definition) is 3. The molecule has 1 saturated carbocycles. The Labute approximate surface area is 200 Å². The summed E-state index contributed by atoms with van der Waals surface area (Å²) >= 11 is 0. The minimum Gasteiger partial charge on any atom is -0.450 e. The molecule has 0 spiro atoms. The number of halogens is 4. The van der Waals surface area contributed by atoms with E-state index in [1.54, 1.807) is 6.92 Å². The molecule has 0 aromatic heterocycles. The average Bonchev–Trinajstić information content (AvgIpc) is 2.80. The Morgan fingerprint density at radius 3 is 2.14 bits per heavy atom. The van der Waals surface area contributed by atoms with Crippen LogP contribution in [0.4, 0.5) is 22.4 Å². The van der Waals surface area contributed by atoms with Crippen molar-refractivity contribution < 1.29 is 31.9 Å². The predicted octanol–water partition coefficient (Wildman–Crippen LogP) is 4.18. The molecular weight excluding hydrogens is 468 g/mol. The van der Waals surface area contributed by atoms with Gasteiger partial charge in [-0.2, -0.15) is 0 Å². The van der Waals surface area contributed by atoms with Gasteiger partial charge in [0.2, 0.25) is 0 Å². The van der Waals surface area contributed by atoms with Crippen LogP contribution in [0.2, 0.25) is 0 Å². The summed E-state index contributed by atoms with van der Waals surface area (Å²) in [6, 6.07) is 5.52. The molecule has 3 rings (SSSR count). The zero-order chi connectivity index (χ0) is 25.4. The number of guanidine groups is 1. The van der Waals surface area contributed by atoms with Gasteiger partial charge in [0.25, 0.3) is 5.91 Å². The molecule has 1 aliphatic carbocycles. The Bertz CT molecular complexity index is 1070. The molecule has 7 nitrogen and oxygen atoms in total. The van der Waals surface area contributed by atoms with Crippen molar-refractivity contribution in [3.8, 4) is 0 Å². The number of carbonyl (C=O) groups excluding carboxylic acids is 2. The normalized spacial score (nSPS) is 18.0. The van der Waals surface area contributed by atoms with Gasteiger partial charge in [-0.25, -0.2) is 27.3 Å². The van der Waals surface area contributed by atoms with Gasteiger partial charge < -0.3 is 15.4 Å². The van der Waals surface area contributed by atoms with Crippen molar-refractivity contribution in [2.45, 2.75) is 51.2 Å². The highest BCUT2D eigenvalue weighted by atomic mass is 19.2. The van der Waals surface area contributed by atoms with Gasteiger partial charge in [-0.15, -0.1) is 0 Å². The van der Waals surface area contributed by atoms with Crippen molar-refractivity contribution in [2.75, 3.05) is 6.61 Å². The molecule has 0 saturated heterocycles. The molecule has 3 N–H and O–H groups in total. The Morgan fingerprint density at radius 2 is 1.54 bits per heavy atom. The summed E-state index contributed by atoms with van der Waals surface area (Å²) in [6.45, 7) is 1.85. The summed E-state index contributed by atoms with van der Waals surface area (Å²) in [5, 5.41) is 8.41. The topological polar surface area (TPSA) is 91.8 Å². The molecule has 1 fully saturated rings. The molecule has 0 bridgehead atoms. The lowest BCUT2D eigenvalue weighted by atomic mass is 9.91. The van der Waals surface area contributed by atoms with Crippen LogP contribution < -0.4 is 16.0 Å². The molecule has 188 valence electrons. The fourth-order valence-corrected chi connectivity index (χ4v) is 3.73. The highest BCUT2D eigenvalue weighted by Gasteiger charge is 2.24. The second-order valence-electron chi connectivity index (χ2n) is 8.08. The van der Waals surface area contributed by atoms with Gasteiger partial charge in [0.1, 0.15) is 11.6 Å². The molecule has 0 aliphatic heterocycles. The summed E-state index contributed by atoms with van der Waals surface area (Å²) in [4.78, 5) is 28.5. The lowest BCUT2D eigenvalue weighted by molar-refractivity contribution is 0.0974. The van der Waals surface area contributed by atoms with Crippen molar-refractivity contribution in [3.05, 3.63) is 70.8 Å². The van der Waals surface area contributed by atoms with Gasteiger partial charge in [-0.3, -0.25) is 10.1 Å². The molecule has 1 aliphatic rings. The van der Waals surface area contributed by atoms with Crippen LogP contribution in [0, 0.1) is 23.3 Å². The third-order valence-corrected chi connectivity index (χ3v) is 5.42. The molecule has 2 aromatic rings. The minimum atomic E-state index is -1.17. The summed E-state index contributed by atoms with van der Waals surface area (Å²) < 4.78 is 58.7. The van der Waals surface area contributed by atoms with Crippen molar-refractivity contribution in [1.82, 2.24) is 16.0 Å². The van der Waals surface area contributed by atoms with E-state index in [4.69, 9.17) is 4.74 Å².